The van der Waals surface area contributed by atoms with Gasteiger partial charge in [0.15, 0.2) is 0 Å². The third-order valence-corrected chi connectivity index (χ3v) is 3.86. The van der Waals surface area contributed by atoms with Crippen molar-refractivity contribution in [3.05, 3.63) is 35.1 Å². The number of nitrogens with zero attached hydrogens (tertiary/aromatic N) is 1. The van der Waals surface area contributed by atoms with Crippen molar-refractivity contribution < 1.29 is 19.0 Å². The van der Waals surface area contributed by atoms with E-state index in [0.29, 0.717) is 13.0 Å². The number of ether oxygens (including phenoxy) is 1. The fraction of sp³-hybridized carbons (Fsp3) is 0.588. The van der Waals surface area contributed by atoms with E-state index in [1.54, 1.807) is 6.07 Å². The molecule has 0 aromatic heterocycles. The third-order valence-electron chi connectivity index (χ3n) is 3.86. The Kier molecular flexibility index (Phi) is 4.75. The number of benzene rings is 1. The second-order valence-corrected chi connectivity index (χ2v) is 6.89. The first-order valence-electron chi connectivity index (χ1n) is 7.59. The van der Waals surface area contributed by atoms with Crippen molar-refractivity contribution in [2.45, 2.75) is 51.7 Å². The first kappa shape index (κ1) is 16.7. The van der Waals surface area contributed by atoms with Gasteiger partial charge in [-0.05, 0) is 57.4 Å². The van der Waals surface area contributed by atoms with Crippen LogP contribution in [0.15, 0.2) is 18.2 Å². The van der Waals surface area contributed by atoms with Crippen LogP contribution >= 0.6 is 0 Å². The number of β-amino-alcohol motifs (C(OH)–C–C–N with tert-alkyl or cyclic N) is 1. The lowest BCUT2D eigenvalue weighted by molar-refractivity contribution is -0.00156. The largest absolute Gasteiger partial charge is 0.444 e. The average molecular weight is 309 g/mol. The second kappa shape index (κ2) is 6.24. The van der Waals surface area contributed by atoms with Gasteiger partial charge in [0, 0.05) is 12.5 Å². The van der Waals surface area contributed by atoms with E-state index in [1.165, 1.54) is 17.0 Å². The Bertz CT molecular complexity index is 553. The minimum Gasteiger partial charge on any atom is -0.444 e. The number of halogens is 1. The molecule has 122 valence electrons. The zero-order valence-corrected chi connectivity index (χ0v) is 13.6. The van der Waals surface area contributed by atoms with Crippen molar-refractivity contribution in [3.8, 4) is 0 Å². The normalized spacial score (nSPS) is 22.5. The summed E-state index contributed by atoms with van der Waals surface area (Å²) in [5.41, 5.74) is 1.22. The molecule has 1 aliphatic heterocycles. The van der Waals surface area contributed by atoms with Crippen LogP contribution < -0.4 is 0 Å². The van der Waals surface area contributed by atoms with E-state index in [-0.39, 0.29) is 18.3 Å². The third kappa shape index (κ3) is 3.97. The molecule has 22 heavy (non-hydrogen) atoms. The summed E-state index contributed by atoms with van der Waals surface area (Å²) in [5.74, 6) is -0.360. The molecule has 2 atom stereocenters. The van der Waals surface area contributed by atoms with Gasteiger partial charge in [-0.2, -0.15) is 0 Å². The maximum Gasteiger partial charge on any atom is 0.410 e. The molecular formula is C17H24FNO3. The molecule has 0 spiro atoms. The molecule has 0 unspecified atom stereocenters. The van der Waals surface area contributed by atoms with Gasteiger partial charge in [-0.3, -0.25) is 0 Å². The highest BCUT2D eigenvalue weighted by molar-refractivity contribution is 5.68. The summed E-state index contributed by atoms with van der Waals surface area (Å²) in [7, 11) is 0. The first-order valence-corrected chi connectivity index (χ1v) is 7.59. The number of amides is 1. The Morgan fingerprint density at radius 3 is 2.64 bits per heavy atom. The highest BCUT2D eigenvalue weighted by Crippen LogP contribution is 2.31. The molecule has 1 aromatic carbocycles. The molecule has 1 aliphatic rings. The summed E-state index contributed by atoms with van der Waals surface area (Å²) >= 11 is 0. The van der Waals surface area contributed by atoms with E-state index in [9.17, 15) is 14.3 Å². The van der Waals surface area contributed by atoms with E-state index < -0.39 is 17.8 Å². The van der Waals surface area contributed by atoms with Crippen molar-refractivity contribution in [3.63, 3.8) is 0 Å². The van der Waals surface area contributed by atoms with Crippen LogP contribution in [-0.4, -0.2) is 40.9 Å². The van der Waals surface area contributed by atoms with Crippen LogP contribution in [0.4, 0.5) is 9.18 Å². The number of hydrogen-bond acceptors (Lipinski definition) is 3. The Hall–Kier alpha value is -1.62. The predicted octanol–water partition coefficient (Wildman–Crippen LogP) is 3.22. The molecule has 2 rings (SSSR count). The fourth-order valence-electron chi connectivity index (χ4n) is 2.84. The van der Waals surface area contributed by atoms with Crippen molar-refractivity contribution in [1.82, 2.24) is 4.90 Å². The quantitative estimate of drug-likeness (QED) is 0.866. The topological polar surface area (TPSA) is 49.8 Å². The maximum atomic E-state index is 13.2. The standard InChI is InChI=1S/C17H24FNO3/c1-11-9-12(18)5-6-13(11)14-7-8-19(10-15(14)20)16(21)22-17(2,3)4/h5-6,9,14-15,20H,7-8,10H2,1-4H3/t14-,15-/m1/s1. The highest BCUT2D eigenvalue weighted by Gasteiger charge is 2.33. The Morgan fingerprint density at radius 2 is 2.09 bits per heavy atom. The van der Waals surface area contributed by atoms with E-state index in [4.69, 9.17) is 4.74 Å². The van der Waals surface area contributed by atoms with Crippen molar-refractivity contribution in [1.29, 1.82) is 0 Å². The number of hydrogen-bond donors (Lipinski definition) is 1. The van der Waals surface area contributed by atoms with Gasteiger partial charge in [0.25, 0.3) is 0 Å². The Labute approximate surface area is 130 Å². The summed E-state index contributed by atoms with van der Waals surface area (Å²) < 4.78 is 18.5. The molecule has 1 N–H and O–H groups in total. The van der Waals surface area contributed by atoms with Gasteiger partial charge in [0.2, 0.25) is 0 Å². The lowest BCUT2D eigenvalue weighted by Crippen LogP contribution is -2.47. The monoisotopic (exact) mass is 309 g/mol. The van der Waals surface area contributed by atoms with Crippen LogP contribution in [0.3, 0.4) is 0 Å². The van der Waals surface area contributed by atoms with Crippen LogP contribution in [0, 0.1) is 12.7 Å². The van der Waals surface area contributed by atoms with E-state index in [1.807, 2.05) is 27.7 Å². The molecule has 0 aliphatic carbocycles. The van der Waals surface area contributed by atoms with Gasteiger partial charge in [0.1, 0.15) is 11.4 Å². The lowest BCUT2D eigenvalue weighted by atomic mass is 9.85. The van der Waals surface area contributed by atoms with Crippen LogP contribution in [0.2, 0.25) is 0 Å². The van der Waals surface area contributed by atoms with E-state index in [2.05, 4.69) is 0 Å². The highest BCUT2D eigenvalue weighted by atomic mass is 19.1. The number of rotatable bonds is 1. The first-order chi connectivity index (χ1) is 10.2. The predicted molar refractivity (Wildman–Crippen MR) is 82.3 cm³/mol. The number of aliphatic hydroxyl groups excluding tert-OH is 1. The minimum absolute atomic E-state index is 0.0840. The molecule has 4 nitrogen and oxygen atoms in total. The summed E-state index contributed by atoms with van der Waals surface area (Å²) in [6.45, 7) is 8.04. The van der Waals surface area contributed by atoms with Crippen LogP contribution in [0.5, 0.6) is 0 Å². The van der Waals surface area contributed by atoms with E-state index >= 15 is 0 Å². The van der Waals surface area contributed by atoms with Gasteiger partial charge in [-0.25, -0.2) is 9.18 Å². The number of aryl methyl sites for hydroxylation is 1. The lowest BCUT2D eigenvalue weighted by Gasteiger charge is -2.37. The maximum absolute atomic E-state index is 13.2. The fourth-order valence-corrected chi connectivity index (χ4v) is 2.84. The molecule has 5 heteroatoms. The number of likely N-dealkylation sites (tertiary alicyclic amines) is 1. The van der Waals surface area contributed by atoms with Gasteiger partial charge in [-0.15, -0.1) is 0 Å². The zero-order chi connectivity index (χ0) is 16.5. The molecule has 1 heterocycles. The van der Waals surface area contributed by atoms with Gasteiger partial charge >= 0.3 is 6.09 Å². The summed E-state index contributed by atoms with van der Waals surface area (Å²) in [5, 5.41) is 10.4. The molecule has 0 radical (unpaired) electrons. The number of aliphatic hydroxyl groups is 1. The van der Waals surface area contributed by atoms with Crippen LogP contribution in [0.1, 0.15) is 44.2 Å². The molecule has 1 fully saturated rings. The van der Waals surface area contributed by atoms with Gasteiger partial charge in [-0.1, -0.05) is 6.07 Å². The van der Waals surface area contributed by atoms with Crippen molar-refractivity contribution >= 4 is 6.09 Å². The molecule has 1 saturated heterocycles. The Morgan fingerprint density at radius 1 is 1.41 bits per heavy atom. The van der Waals surface area contributed by atoms with Gasteiger partial charge in [0.05, 0.1) is 12.6 Å². The average Bonchev–Trinajstić information content (AvgIpc) is 2.37. The SMILES string of the molecule is Cc1cc(F)ccc1[C@H]1CCN(C(=O)OC(C)(C)C)C[C@H]1O. The molecule has 1 amide bonds. The second-order valence-electron chi connectivity index (χ2n) is 6.89. The number of piperidine rings is 1. The molecule has 0 bridgehead atoms. The minimum atomic E-state index is -0.676. The smallest absolute Gasteiger partial charge is 0.410 e. The molecule has 0 saturated carbocycles. The number of carbonyl (C=O) groups is 1. The van der Waals surface area contributed by atoms with Crippen molar-refractivity contribution in [2.24, 2.45) is 0 Å². The van der Waals surface area contributed by atoms with Crippen molar-refractivity contribution in [2.75, 3.05) is 13.1 Å². The summed E-state index contributed by atoms with van der Waals surface area (Å²) in [6.07, 6.45) is -0.446. The molecule has 1 aromatic rings. The van der Waals surface area contributed by atoms with Crippen LogP contribution in [0.25, 0.3) is 0 Å². The van der Waals surface area contributed by atoms with E-state index in [0.717, 1.165) is 11.1 Å². The Balaban J connectivity index is 2.05. The van der Waals surface area contributed by atoms with Gasteiger partial charge < -0.3 is 14.7 Å². The zero-order valence-electron chi connectivity index (χ0n) is 13.6. The molecular weight excluding hydrogens is 285 g/mol. The summed E-state index contributed by atoms with van der Waals surface area (Å²) in [6, 6.07) is 4.61. The van der Waals surface area contributed by atoms with Crippen LogP contribution in [-0.2, 0) is 4.74 Å². The number of carbonyl (C=O) groups excluding carboxylic acids is 1. The summed E-state index contributed by atoms with van der Waals surface area (Å²) in [4.78, 5) is 13.6.